The number of aromatic nitrogens is 4. The van der Waals surface area contributed by atoms with Crippen LogP contribution in [-0.2, 0) is 11.3 Å². The number of hydrogen-bond donors (Lipinski definition) is 1. The lowest BCUT2D eigenvalue weighted by Gasteiger charge is -2.37. The minimum absolute atomic E-state index is 0.0406. The second-order valence-corrected chi connectivity index (χ2v) is 11.4. The highest BCUT2D eigenvalue weighted by atomic mass is 35.5. The zero-order chi connectivity index (χ0) is 27.4. The highest BCUT2D eigenvalue weighted by Crippen LogP contribution is 2.47. The number of hydrogen-bond acceptors (Lipinski definition) is 9. The van der Waals surface area contributed by atoms with Gasteiger partial charge >= 0.3 is 12.0 Å². The van der Waals surface area contributed by atoms with Gasteiger partial charge in [0.05, 0.1) is 28.3 Å². The van der Waals surface area contributed by atoms with Crippen LogP contribution < -0.4 is 4.90 Å². The van der Waals surface area contributed by atoms with Gasteiger partial charge in [0.1, 0.15) is 17.1 Å². The summed E-state index contributed by atoms with van der Waals surface area (Å²) in [6.07, 6.45) is 7.32. The number of carbonyl (C=O) groups is 1. The van der Waals surface area contributed by atoms with Gasteiger partial charge in [-0.2, -0.15) is 0 Å². The standard InChI is InChI=1S/C28H25Cl2N5O5/c29-20-2-1-3-21(30)23(20)24-19(25(40-34-24)14-4-5-14)13-38-18-10-16-7-8-17(11-18)35(16)28-33-32-26(39-28)15-6-9-22(27(36)37)31-12-15/h1-3,6,9,12,14,16-18H,4-5,7-8,10-11,13H2,(H,36,37). The van der Waals surface area contributed by atoms with Crippen molar-refractivity contribution in [2.45, 2.75) is 69.2 Å². The molecule has 206 valence electrons. The molecule has 5 heterocycles. The van der Waals surface area contributed by atoms with Gasteiger partial charge in [0.2, 0.25) is 0 Å². The fourth-order valence-corrected chi connectivity index (χ4v) is 6.48. The van der Waals surface area contributed by atoms with Crippen LogP contribution in [-0.4, -0.2) is 49.6 Å². The highest BCUT2D eigenvalue weighted by Gasteiger charge is 2.44. The largest absolute Gasteiger partial charge is 0.477 e. The van der Waals surface area contributed by atoms with Crippen LogP contribution >= 0.6 is 23.2 Å². The molecule has 12 heteroatoms. The van der Waals surface area contributed by atoms with Gasteiger partial charge in [-0.25, -0.2) is 9.78 Å². The molecular formula is C28H25Cl2N5O5. The molecule has 2 aliphatic heterocycles. The third kappa shape index (κ3) is 4.63. The van der Waals surface area contributed by atoms with E-state index in [9.17, 15) is 4.79 Å². The van der Waals surface area contributed by atoms with E-state index in [2.05, 4.69) is 25.2 Å². The van der Waals surface area contributed by atoms with Gasteiger partial charge in [0, 0.05) is 35.3 Å². The lowest BCUT2D eigenvalue weighted by molar-refractivity contribution is 0.0139. The first-order valence-corrected chi connectivity index (χ1v) is 14.1. The zero-order valence-corrected chi connectivity index (χ0v) is 22.8. The number of ether oxygens (including phenoxy) is 1. The maximum atomic E-state index is 11.1. The van der Waals surface area contributed by atoms with Crippen molar-refractivity contribution in [3.05, 3.63) is 63.6 Å². The molecule has 2 unspecified atom stereocenters. The van der Waals surface area contributed by atoms with Crippen LogP contribution in [0, 0.1) is 0 Å². The minimum atomic E-state index is -1.09. The predicted molar refractivity (Wildman–Crippen MR) is 146 cm³/mol. The van der Waals surface area contributed by atoms with Crippen molar-refractivity contribution in [3.63, 3.8) is 0 Å². The number of aromatic carboxylic acids is 1. The molecule has 1 aromatic carbocycles. The van der Waals surface area contributed by atoms with E-state index in [1.807, 2.05) is 6.07 Å². The number of rotatable bonds is 8. The zero-order valence-electron chi connectivity index (χ0n) is 21.3. The van der Waals surface area contributed by atoms with Crippen molar-refractivity contribution in [3.8, 4) is 22.7 Å². The number of piperidine rings is 1. The molecule has 2 saturated heterocycles. The number of halogens is 2. The van der Waals surface area contributed by atoms with Crippen molar-refractivity contribution in [2.75, 3.05) is 4.90 Å². The summed E-state index contributed by atoms with van der Waals surface area (Å²) in [7, 11) is 0. The molecule has 0 spiro atoms. The lowest BCUT2D eigenvalue weighted by Crippen LogP contribution is -2.45. The van der Waals surface area contributed by atoms with E-state index in [0.717, 1.165) is 49.8 Å². The van der Waals surface area contributed by atoms with Crippen LogP contribution in [0.5, 0.6) is 0 Å². The third-order valence-corrected chi connectivity index (χ3v) is 8.61. The average Bonchev–Trinajstić information content (AvgIpc) is 3.42. The number of pyridine rings is 1. The Morgan fingerprint density at radius 1 is 1.05 bits per heavy atom. The van der Waals surface area contributed by atoms with Gasteiger partial charge in [0.15, 0.2) is 0 Å². The van der Waals surface area contributed by atoms with Gasteiger partial charge in [-0.05, 0) is 62.8 Å². The van der Waals surface area contributed by atoms with Crippen LogP contribution in [0.2, 0.25) is 10.0 Å². The van der Waals surface area contributed by atoms with E-state index < -0.39 is 5.97 Å². The minimum Gasteiger partial charge on any atom is -0.477 e. The van der Waals surface area contributed by atoms with Gasteiger partial charge in [-0.15, -0.1) is 5.10 Å². The Hall–Kier alpha value is -3.47. The Balaban J connectivity index is 1.06. The van der Waals surface area contributed by atoms with Crippen LogP contribution in [0.4, 0.5) is 6.01 Å². The lowest BCUT2D eigenvalue weighted by atomic mass is 10.00. The van der Waals surface area contributed by atoms with E-state index in [1.54, 1.807) is 18.2 Å². The molecule has 2 bridgehead atoms. The van der Waals surface area contributed by atoms with E-state index >= 15 is 0 Å². The second kappa shape index (κ2) is 10.2. The fourth-order valence-electron chi connectivity index (χ4n) is 5.91. The van der Waals surface area contributed by atoms with Crippen molar-refractivity contribution < 1.29 is 23.6 Å². The van der Waals surface area contributed by atoms with Crippen LogP contribution in [0.3, 0.4) is 0 Å². The maximum absolute atomic E-state index is 11.1. The molecule has 40 heavy (non-hydrogen) atoms. The summed E-state index contributed by atoms with van der Waals surface area (Å²) in [5, 5.41) is 23.0. The number of anilines is 1. The Kier molecular flexibility index (Phi) is 6.48. The Labute approximate surface area is 239 Å². The maximum Gasteiger partial charge on any atom is 0.354 e. The molecule has 3 fully saturated rings. The summed E-state index contributed by atoms with van der Waals surface area (Å²) in [4.78, 5) is 17.2. The van der Waals surface area contributed by atoms with Crippen molar-refractivity contribution in [2.24, 2.45) is 0 Å². The molecule has 0 amide bonds. The number of carboxylic acids is 1. The third-order valence-electron chi connectivity index (χ3n) is 7.98. The second-order valence-electron chi connectivity index (χ2n) is 10.6. The highest BCUT2D eigenvalue weighted by molar-refractivity contribution is 6.39. The molecule has 3 aromatic heterocycles. The van der Waals surface area contributed by atoms with Crippen molar-refractivity contribution >= 4 is 35.2 Å². The molecule has 4 aromatic rings. The molecule has 10 nitrogen and oxygen atoms in total. The predicted octanol–water partition coefficient (Wildman–Crippen LogP) is 6.39. The summed E-state index contributed by atoms with van der Waals surface area (Å²) >= 11 is 13.0. The summed E-state index contributed by atoms with van der Waals surface area (Å²) < 4.78 is 18.3. The van der Waals surface area contributed by atoms with E-state index in [0.29, 0.717) is 51.3 Å². The van der Waals surface area contributed by atoms with Gasteiger partial charge < -0.3 is 23.7 Å². The normalized spacial score (nSPS) is 22.1. The quantitative estimate of drug-likeness (QED) is 0.250. The first-order valence-electron chi connectivity index (χ1n) is 13.3. The molecule has 3 aliphatic rings. The topological polar surface area (TPSA) is 128 Å². The average molecular weight is 582 g/mol. The summed E-state index contributed by atoms with van der Waals surface area (Å²) in [6.45, 7) is 0.375. The van der Waals surface area contributed by atoms with E-state index in [4.69, 9.17) is 42.0 Å². The molecular weight excluding hydrogens is 557 g/mol. The first-order chi connectivity index (χ1) is 19.5. The number of fused-ring (bicyclic) bond motifs is 2. The number of benzene rings is 1. The van der Waals surface area contributed by atoms with Gasteiger partial charge in [-0.3, -0.25) is 0 Å². The number of carboxylic acid groups (broad SMARTS) is 1. The smallest absolute Gasteiger partial charge is 0.354 e. The van der Waals surface area contributed by atoms with E-state index in [-0.39, 0.29) is 23.9 Å². The molecule has 2 atom stereocenters. The summed E-state index contributed by atoms with van der Waals surface area (Å²) in [5.74, 6) is 0.455. The Morgan fingerprint density at radius 2 is 1.80 bits per heavy atom. The molecule has 1 N–H and O–H groups in total. The van der Waals surface area contributed by atoms with Crippen LogP contribution in [0.15, 0.2) is 45.5 Å². The van der Waals surface area contributed by atoms with Crippen molar-refractivity contribution in [1.82, 2.24) is 20.3 Å². The SMILES string of the molecule is O=C(O)c1ccc(-c2nnc(N3C4CCC3CC(OCc3c(-c5c(Cl)cccc5Cl)noc3C3CC3)C4)o2)cn1. The molecule has 1 aliphatic carbocycles. The monoisotopic (exact) mass is 581 g/mol. The Bertz CT molecular complexity index is 1530. The fraction of sp³-hybridized carbons (Fsp3) is 0.393. The summed E-state index contributed by atoms with van der Waals surface area (Å²) in [5.41, 5.74) is 2.79. The van der Waals surface area contributed by atoms with Crippen LogP contribution in [0.25, 0.3) is 22.7 Å². The van der Waals surface area contributed by atoms with Gasteiger partial charge in [-0.1, -0.05) is 39.5 Å². The molecule has 7 rings (SSSR count). The van der Waals surface area contributed by atoms with E-state index in [1.165, 1.54) is 12.3 Å². The van der Waals surface area contributed by atoms with Gasteiger partial charge in [0.25, 0.3) is 5.89 Å². The van der Waals surface area contributed by atoms with Crippen molar-refractivity contribution in [1.29, 1.82) is 0 Å². The first kappa shape index (κ1) is 25.5. The van der Waals surface area contributed by atoms with Crippen LogP contribution in [0.1, 0.15) is 66.3 Å². The molecule has 0 radical (unpaired) electrons. The Morgan fingerprint density at radius 3 is 2.45 bits per heavy atom. The number of nitrogens with zero attached hydrogens (tertiary/aromatic N) is 5. The summed E-state index contributed by atoms with van der Waals surface area (Å²) in [6, 6.07) is 9.35. The molecule has 1 saturated carbocycles.